The van der Waals surface area contributed by atoms with Crippen LogP contribution in [0.15, 0.2) is 46.9 Å². The Labute approximate surface area is 124 Å². The molecule has 0 aliphatic rings. The van der Waals surface area contributed by atoms with E-state index >= 15 is 0 Å². The topological polar surface area (TPSA) is 69.2 Å². The van der Waals surface area contributed by atoms with Gasteiger partial charge in [-0.3, -0.25) is 10.1 Å². The Balaban J connectivity index is 1.85. The number of halogens is 1. The molecule has 0 bridgehead atoms. The Hall–Kier alpha value is -2.66. The predicted octanol–water partition coefficient (Wildman–Crippen LogP) is 4.56. The molecule has 0 spiro atoms. The molecule has 6 heteroatoms. The lowest BCUT2D eigenvalue weighted by Crippen LogP contribution is -1.86. The van der Waals surface area contributed by atoms with Crippen molar-refractivity contribution in [2.75, 3.05) is 0 Å². The van der Waals surface area contributed by atoms with Crippen LogP contribution >= 0.6 is 11.6 Å². The maximum atomic E-state index is 10.6. The molecule has 0 aliphatic heterocycles. The number of nitrogens with zero attached hydrogens (tertiary/aromatic N) is 2. The van der Waals surface area contributed by atoms with E-state index in [0.717, 1.165) is 5.56 Å². The van der Waals surface area contributed by atoms with Crippen LogP contribution in [-0.2, 0) is 0 Å². The molecule has 0 N–H and O–H groups in total. The molecule has 0 saturated heterocycles. The van der Waals surface area contributed by atoms with Crippen molar-refractivity contribution in [3.8, 4) is 0 Å². The first-order valence-corrected chi connectivity index (χ1v) is 6.48. The highest BCUT2D eigenvalue weighted by atomic mass is 35.5. The van der Waals surface area contributed by atoms with E-state index in [-0.39, 0.29) is 5.69 Å². The Kier molecular flexibility index (Phi) is 3.41. The second kappa shape index (κ2) is 5.38. The molecule has 0 saturated carbocycles. The number of hydrogen-bond acceptors (Lipinski definition) is 4. The van der Waals surface area contributed by atoms with Gasteiger partial charge in [0.2, 0.25) is 5.89 Å². The first kappa shape index (κ1) is 13.3. The fourth-order valence-electron chi connectivity index (χ4n) is 1.86. The highest BCUT2D eigenvalue weighted by Gasteiger charge is 2.04. The molecule has 0 aliphatic carbocycles. The minimum atomic E-state index is -0.432. The van der Waals surface area contributed by atoms with Gasteiger partial charge >= 0.3 is 0 Å². The molecule has 1 aromatic heterocycles. The average molecular weight is 301 g/mol. The van der Waals surface area contributed by atoms with Gasteiger partial charge in [0.1, 0.15) is 5.52 Å². The fraction of sp³-hybridized carbons (Fsp3) is 0. The highest BCUT2D eigenvalue weighted by Crippen LogP contribution is 2.21. The summed E-state index contributed by atoms with van der Waals surface area (Å²) in [4.78, 5) is 14.4. The molecule has 0 unspecified atom stereocenters. The number of rotatable bonds is 3. The van der Waals surface area contributed by atoms with Crippen molar-refractivity contribution in [1.29, 1.82) is 0 Å². The van der Waals surface area contributed by atoms with Crippen LogP contribution in [0.2, 0.25) is 5.02 Å². The minimum Gasteiger partial charge on any atom is -0.437 e. The maximum absolute atomic E-state index is 10.6. The molecule has 0 atom stereocenters. The van der Waals surface area contributed by atoms with E-state index in [1.54, 1.807) is 42.5 Å². The zero-order chi connectivity index (χ0) is 14.8. The molecule has 2 aromatic carbocycles. The Bertz CT molecular complexity index is 838. The zero-order valence-corrected chi connectivity index (χ0v) is 11.4. The summed E-state index contributed by atoms with van der Waals surface area (Å²) < 4.78 is 5.54. The second-order valence-corrected chi connectivity index (χ2v) is 4.78. The van der Waals surface area contributed by atoms with Crippen LogP contribution in [-0.4, -0.2) is 9.91 Å². The number of benzene rings is 2. The second-order valence-electron chi connectivity index (χ2n) is 4.35. The smallest absolute Gasteiger partial charge is 0.269 e. The van der Waals surface area contributed by atoms with Crippen molar-refractivity contribution < 1.29 is 9.34 Å². The van der Waals surface area contributed by atoms with E-state index in [2.05, 4.69) is 4.98 Å². The van der Waals surface area contributed by atoms with E-state index in [4.69, 9.17) is 16.0 Å². The van der Waals surface area contributed by atoms with Crippen LogP contribution in [0.25, 0.3) is 23.3 Å². The molecular weight excluding hydrogens is 292 g/mol. The molecule has 3 aromatic rings. The largest absolute Gasteiger partial charge is 0.437 e. The lowest BCUT2D eigenvalue weighted by atomic mass is 10.2. The van der Waals surface area contributed by atoms with Gasteiger partial charge in [0.15, 0.2) is 5.58 Å². The van der Waals surface area contributed by atoms with Gasteiger partial charge in [-0.15, -0.1) is 0 Å². The maximum Gasteiger partial charge on any atom is 0.269 e. The van der Waals surface area contributed by atoms with Gasteiger partial charge in [0.05, 0.1) is 4.92 Å². The lowest BCUT2D eigenvalue weighted by Gasteiger charge is -1.92. The summed E-state index contributed by atoms with van der Waals surface area (Å²) in [5.74, 6) is 0.450. The molecular formula is C15H9ClN2O3. The summed E-state index contributed by atoms with van der Waals surface area (Å²) in [7, 11) is 0. The molecule has 3 rings (SSSR count). The molecule has 0 fully saturated rings. The molecule has 1 heterocycles. The number of aromatic nitrogens is 1. The van der Waals surface area contributed by atoms with E-state index in [9.17, 15) is 10.1 Å². The van der Waals surface area contributed by atoms with Crippen LogP contribution in [0.4, 0.5) is 5.69 Å². The van der Waals surface area contributed by atoms with Crippen molar-refractivity contribution in [2.45, 2.75) is 0 Å². The average Bonchev–Trinajstić information content (AvgIpc) is 2.87. The van der Waals surface area contributed by atoms with Gasteiger partial charge in [-0.2, -0.15) is 0 Å². The Morgan fingerprint density at radius 3 is 2.62 bits per heavy atom. The third-order valence-corrected chi connectivity index (χ3v) is 3.12. The quantitative estimate of drug-likeness (QED) is 0.525. The number of oxazole rings is 1. The number of fused-ring (bicyclic) bond motifs is 1. The van der Waals surface area contributed by atoms with Crippen LogP contribution < -0.4 is 0 Å². The van der Waals surface area contributed by atoms with Crippen molar-refractivity contribution in [3.63, 3.8) is 0 Å². The lowest BCUT2D eigenvalue weighted by molar-refractivity contribution is -0.384. The van der Waals surface area contributed by atoms with Crippen LogP contribution in [0.1, 0.15) is 11.5 Å². The zero-order valence-electron chi connectivity index (χ0n) is 10.7. The number of nitro benzene ring substituents is 1. The van der Waals surface area contributed by atoms with Crippen molar-refractivity contribution >= 4 is 40.5 Å². The summed E-state index contributed by atoms with van der Waals surface area (Å²) in [6.07, 6.45) is 3.48. The third kappa shape index (κ3) is 2.93. The van der Waals surface area contributed by atoms with Crippen molar-refractivity contribution in [3.05, 3.63) is 69.1 Å². The van der Waals surface area contributed by atoms with Gasteiger partial charge in [-0.1, -0.05) is 11.6 Å². The van der Waals surface area contributed by atoms with Crippen LogP contribution in [0.3, 0.4) is 0 Å². The standard InChI is InChI=1S/C15H9ClN2O3/c16-11-4-7-14-13(9-11)17-15(21-14)8-3-10-1-5-12(6-2-10)18(19)20/h1-9H. The van der Waals surface area contributed by atoms with E-state index in [0.29, 0.717) is 22.0 Å². The van der Waals surface area contributed by atoms with Crippen LogP contribution in [0, 0.1) is 10.1 Å². The van der Waals surface area contributed by atoms with E-state index in [1.807, 2.05) is 0 Å². The van der Waals surface area contributed by atoms with Gasteiger partial charge in [-0.05, 0) is 42.0 Å². The molecule has 104 valence electrons. The third-order valence-electron chi connectivity index (χ3n) is 2.89. The number of non-ortho nitro benzene ring substituents is 1. The van der Waals surface area contributed by atoms with Crippen LogP contribution in [0.5, 0.6) is 0 Å². The van der Waals surface area contributed by atoms with Gasteiger partial charge in [0.25, 0.3) is 5.69 Å². The SMILES string of the molecule is O=[N+]([O-])c1ccc(C=Cc2nc3cc(Cl)ccc3o2)cc1. The number of nitro groups is 1. The molecule has 5 nitrogen and oxygen atoms in total. The first-order chi connectivity index (χ1) is 10.1. The summed E-state index contributed by atoms with van der Waals surface area (Å²) in [5.41, 5.74) is 2.22. The van der Waals surface area contributed by atoms with Gasteiger partial charge in [-0.25, -0.2) is 4.98 Å². The molecule has 0 amide bonds. The van der Waals surface area contributed by atoms with Crippen molar-refractivity contribution in [1.82, 2.24) is 4.98 Å². The Morgan fingerprint density at radius 1 is 1.14 bits per heavy atom. The monoisotopic (exact) mass is 300 g/mol. The summed E-state index contributed by atoms with van der Waals surface area (Å²) in [6.45, 7) is 0. The highest BCUT2D eigenvalue weighted by molar-refractivity contribution is 6.31. The minimum absolute atomic E-state index is 0.0589. The van der Waals surface area contributed by atoms with E-state index in [1.165, 1.54) is 12.1 Å². The van der Waals surface area contributed by atoms with E-state index < -0.39 is 4.92 Å². The van der Waals surface area contributed by atoms with Gasteiger partial charge in [0, 0.05) is 23.2 Å². The Morgan fingerprint density at radius 2 is 1.90 bits per heavy atom. The molecule has 0 radical (unpaired) electrons. The summed E-state index contributed by atoms with van der Waals surface area (Å²) >= 11 is 5.89. The van der Waals surface area contributed by atoms with Crippen molar-refractivity contribution in [2.24, 2.45) is 0 Å². The summed E-state index contributed by atoms with van der Waals surface area (Å²) in [6, 6.07) is 11.4. The predicted molar refractivity (Wildman–Crippen MR) is 81.0 cm³/mol. The van der Waals surface area contributed by atoms with Gasteiger partial charge < -0.3 is 4.42 Å². The molecule has 21 heavy (non-hydrogen) atoms. The fourth-order valence-corrected chi connectivity index (χ4v) is 2.03. The first-order valence-electron chi connectivity index (χ1n) is 6.10. The number of hydrogen-bond donors (Lipinski definition) is 0. The summed E-state index contributed by atoms with van der Waals surface area (Å²) in [5, 5.41) is 11.2. The normalized spacial score (nSPS) is 11.3.